The quantitative estimate of drug-likeness (QED) is 0.789. The van der Waals surface area contributed by atoms with Crippen molar-refractivity contribution in [1.82, 2.24) is 0 Å². The van der Waals surface area contributed by atoms with Gasteiger partial charge in [0.2, 0.25) is 0 Å². The minimum absolute atomic E-state index is 0.00640. The highest BCUT2D eigenvalue weighted by atomic mass is 16.5. The van der Waals surface area contributed by atoms with Crippen LogP contribution in [0, 0.1) is 16.7 Å². The molecule has 4 unspecified atom stereocenters. The van der Waals surface area contributed by atoms with Crippen LogP contribution in [0.2, 0.25) is 0 Å². The van der Waals surface area contributed by atoms with Crippen LogP contribution in [0.5, 0.6) is 11.5 Å². The molecular weight excluding hydrogens is 290 g/mol. The fraction of sp³-hybridized carbons (Fsp3) is 0.368. The molecular formula is C19H19NO3. The van der Waals surface area contributed by atoms with Gasteiger partial charge in [-0.25, -0.2) is 0 Å². The molecule has 4 rings (SSSR count). The molecule has 0 aromatic heterocycles. The molecule has 4 nitrogen and oxygen atoms in total. The molecule has 4 atom stereocenters. The Labute approximate surface area is 135 Å². The predicted octanol–water partition coefficient (Wildman–Crippen LogP) is 5.05. The molecule has 1 N–H and O–H groups in total. The van der Waals surface area contributed by atoms with E-state index < -0.39 is 0 Å². The topological polar surface area (TPSA) is 58.9 Å². The van der Waals surface area contributed by atoms with Gasteiger partial charge in [-0.05, 0) is 71.3 Å². The molecule has 1 aliphatic carbocycles. The summed E-state index contributed by atoms with van der Waals surface area (Å²) in [6, 6.07) is 12.7. The fourth-order valence-corrected chi connectivity index (χ4v) is 4.22. The maximum atomic E-state index is 10.9. The van der Waals surface area contributed by atoms with E-state index in [2.05, 4.69) is 12.1 Å². The molecule has 2 aromatic carbocycles. The number of hydrogen-bond acceptors (Lipinski definition) is 4. The predicted molar refractivity (Wildman–Crippen MR) is 88.0 cm³/mol. The second-order valence-electron chi connectivity index (χ2n) is 6.79. The number of benzene rings is 2. The Morgan fingerprint density at radius 2 is 1.91 bits per heavy atom. The van der Waals surface area contributed by atoms with Crippen LogP contribution in [-0.2, 0) is 0 Å². The molecule has 0 bridgehead atoms. The minimum atomic E-state index is -0.00640. The molecule has 1 saturated carbocycles. The van der Waals surface area contributed by atoms with Crippen LogP contribution in [-0.4, -0.2) is 5.11 Å². The zero-order chi connectivity index (χ0) is 16.0. The summed E-state index contributed by atoms with van der Waals surface area (Å²) in [7, 11) is 0. The number of nitrogens with zero attached hydrogens (tertiary/aromatic N) is 1. The zero-order valence-electron chi connectivity index (χ0n) is 13.0. The largest absolute Gasteiger partial charge is 0.508 e. The molecule has 23 heavy (non-hydrogen) atoms. The molecule has 0 amide bonds. The number of hydrogen-bond donors (Lipinski definition) is 1. The van der Waals surface area contributed by atoms with E-state index in [4.69, 9.17) is 4.74 Å². The van der Waals surface area contributed by atoms with Crippen LogP contribution in [0.15, 0.2) is 47.6 Å². The van der Waals surface area contributed by atoms with Gasteiger partial charge in [-0.3, -0.25) is 0 Å². The lowest BCUT2D eigenvalue weighted by molar-refractivity contribution is 0.103. The molecule has 118 valence electrons. The van der Waals surface area contributed by atoms with Crippen molar-refractivity contribution in [3.63, 3.8) is 0 Å². The highest BCUT2D eigenvalue weighted by Gasteiger charge is 2.44. The fourth-order valence-electron chi connectivity index (χ4n) is 4.22. The van der Waals surface area contributed by atoms with Crippen LogP contribution in [0.25, 0.3) is 0 Å². The van der Waals surface area contributed by atoms with E-state index in [1.807, 2.05) is 24.3 Å². The number of rotatable bonds is 2. The molecule has 1 fully saturated rings. The van der Waals surface area contributed by atoms with E-state index in [-0.39, 0.29) is 11.9 Å². The molecule has 1 heterocycles. The third kappa shape index (κ3) is 2.38. The lowest BCUT2D eigenvalue weighted by Gasteiger charge is -2.36. The zero-order valence-corrected chi connectivity index (χ0v) is 13.0. The van der Waals surface area contributed by atoms with E-state index in [1.165, 1.54) is 0 Å². The average molecular weight is 309 g/mol. The molecule has 0 saturated heterocycles. The highest BCUT2D eigenvalue weighted by molar-refractivity contribution is 5.51. The second kappa shape index (κ2) is 5.37. The van der Waals surface area contributed by atoms with Crippen LogP contribution in [0.1, 0.15) is 42.9 Å². The minimum Gasteiger partial charge on any atom is -0.508 e. The van der Waals surface area contributed by atoms with Gasteiger partial charge < -0.3 is 9.84 Å². The Morgan fingerprint density at radius 3 is 2.65 bits per heavy atom. The summed E-state index contributed by atoms with van der Waals surface area (Å²) in [4.78, 5) is 10.9. The maximum Gasteiger partial charge on any atom is 0.127 e. The first-order valence-corrected chi connectivity index (χ1v) is 8.08. The number of phenolic OH excluding ortho intramolecular Hbond substituents is 1. The Kier molecular flexibility index (Phi) is 3.33. The number of fused-ring (bicyclic) bond motifs is 3. The van der Waals surface area contributed by atoms with E-state index >= 15 is 0 Å². The SMILES string of the molecule is CC1CC2c3cc(N=O)ccc3OC(c3ccc(O)cc3)C2C1. The second-order valence-corrected chi connectivity index (χ2v) is 6.79. The van der Waals surface area contributed by atoms with Crippen LogP contribution in [0.4, 0.5) is 5.69 Å². The molecule has 0 spiro atoms. The maximum absolute atomic E-state index is 10.9. The molecule has 0 radical (unpaired) electrons. The molecule has 2 aliphatic rings. The first-order chi connectivity index (χ1) is 11.2. The summed E-state index contributed by atoms with van der Waals surface area (Å²) in [6.45, 7) is 2.27. The number of phenols is 1. The van der Waals surface area contributed by atoms with Gasteiger partial charge in [0, 0.05) is 5.92 Å². The first kappa shape index (κ1) is 14.2. The van der Waals surface area contributed by atoms with E-state index in [0.717, 1.165) is 29.7 Å². The van der Waals surface area contributed by atoms with E-state index in [1.54, 1.807) is 18.2 Å². The highest BCUT2D eigenvalue weighted by Crippen LogP contribution is 2.56. The first-order valence-electron chi connectivity index (χ1n) is 8.08. The Morgan fingerprint density at radius 1 is 1.13 bits per heavy atom. The third-order valence-electron chi connectivity index (χ3n) is 5.21. The molecule has 4 heteroatoms. The van der Waals surface area contributed by atoms with Crippen molar-refractivity contribution in [3.8, 4) is 11.5 Å². The molecule has 1 aliphatic heterocycles. The van der Waals surface area contributed by atoms with Crippen molar-refractivity contribution >= 4 is 5.69 Å². The van der Waals surface area contributed by atoms with Gasteiger partial charge >= 0.3 is 0 Å². The van der Waals surface area contributed by atoms with Gasteiger partial charge in [-0.15, -0.1) is 4.91 Å². The van der Waals surface area contributed by atoms with Crippen molar-refractivity contribution < 1.29 is 9.84 Å². The van der Waals surface area contributed by atoms with Gasteiger partial charge in [0.05, 0.1) is 0 Å². The van der Waals surface area contributed by atoms with Gasteiger partial charge in [-0.2, -0.15) is 0 Å². The van der Waals surface area contributed by atoms with Crippen LogP contribution < -0.4 is 4.74 Å². The van der Waals surface area contributed by atoms with Crippen molar-refractivity contribution in [1.29, 1.82) is 0 Å². The third-order valence-corrected chi connectivity index (χ3v) is 5.21. The lowest BCUT2D eigenvalue weighted by Crippen LogP contribution is -2.26. The Balaban J connectivity index is 1.78. The lowest BCUT2D eigenvalue weighted by atomic mass is 9.80. The summed E-state index contributed by atoms with van der Waals surface area (Å²) in [5.74, 6) is 2.54. The summed E-state index contributed by atoms with van der Waals surface area (Å²) in [6.07, 6.45) is 2.21. The summed E-state index contributed by atoms with van der Waals surface area (Å²) in [5.41, 5.74) is 2.68. The standard InChI is InChI=1S/C19H19NO3/c1-11-8-15-16-10-13(20-22)4-7-18(16)23-19(17(15)9-11)12-2-5-14(21)6-3-12/h2-7,10-11,15,17,19,21H,8-9H2,1H3. The summed E-state index contributed by atoms with van der Waals surface area (Å²) in [5, 5.41) is 12.6. The van der Waals surface area contributed by atoms with Gasteiger partial charge in [0.15, 0.2) is 0 Å². The van der Waals surface area contributed by atoms with Gasteiger partial charge in [0.25, 0.3) is 0 Å². The van der Waals surface area contributed by atoms with Crippen LogP contribution in [0.3, 0.4) is 0 Å². The smallest absolute Gasteiger partial charge is 0.127 e. The van der Waals surface area contributed by atoms with E-state index in [9.17, 15) is 10.0 Å². The number of nitroso groups, excluding NO2 is 1. The van der Waals surface area contributed by atoms with Crippen molar-refractivity contribution in [2.24, 2.45) is 17.0 Å². The van der Waals surface area contributed by atoms with Crippen LogP contribution >= 0.6 is 0 Å². The van der Waals surface area contributed by atoms with Crippen molar-refractivity contribution in [3.05, 3.63) is 58.5 Å². The molecule has 2 aromatic rings. The number of aromatic hydroxyl groups is 1. The van der Waals surface area contributed by atoms with E-state index in [0.29, 0.717) is 23.4 Å². The Bertz CT molecular complexity index is 741. The number of ether oxygens (including phenoxy) is 1. The average Bonchev–Trinajstić information content (AvgIpc) is 2.96. The van der Waals surface area contributed by atoms with Gasteiger partial charge in [0.1, 0.15) is 23.3 Å². The van der Waals surface area contributed by atoms with Crippen molar-refractivity contribution in [2.45, 2.75) is 31.8 Å². The monoisotopic (exact) mass is 309 g/mol. The summed E-state index contributed by atoms with van der Waals surface area (Å²) >= 11 is 0. The normalized spacial score (nSPS) is 28.6. The van der Waals surface area contributed by atoms with Crippen molar-refractivity contribution in [2.75, 3.05) is 0 Å². The Hall–Kier alpha value is -2.36. The summed E-state index contributed by atoms with van der Waals surface area (Å²) < 4.78 is 6.29. The van der Waals surface area contributed by atoms with Gasteiger partial charge in [-0.1, -0.05) is 19.1 Å².